The molecule has 0 radical (unpaired) electrons. The summed E-state index contributed by atoms with van der Waals surface area (Å²) in [6.07, 6.45) is 2.93. The van der Waals surface area contributed by atoms with E-state index in [2.05, 4.69) is 31.3 Å². The number of hydrogen-bond donors (Lipinski definition) is 2. The van der Waals surface area contributed by atoms with Crippen molar-refractivity contribution < 1.29 is 9.42 Å². The molecule has 2 aromatic rings. The second kappa shape index (κ2) is 6.03. The molecule has 0 unspecified atom stereocenters. The van der Waals surface area contributed by atoms with Gasteiger partial charge >= 0.3 is 0 Å². The molecule has 3 N–H and O–H groups in total. The summed E-state index contributed by atoms with van der Waals surface area (Å²) in [5, 5.41) is 19.1. The van der Waals surface area contributed by atoms with Crippen LogP contribution in [-0.2, 0) is 17.6 Å². The fourth-order valence-electron chi connectivity index (χ4n) is 2.23. The minimum absolute atomic E-state index is 0.0201. The van der Waals surface area contributed by atoms with Gasteiger partial charge in [-0.15, -0.1) is 0 Å². The van der Waals surface area contributed by atoms with Crippen LogP contribution in [0.15, 0.2) is 15.7 Å². The number of fused-ring (bicyclic) bond motifs is 1. The molecule has 0 atom stereocenters. The molecule has 2 heterocycles. The Balaban J connectivity index is 1.68. The van der Waals surface area contributed by atoms with Gasteiger partial charge in [-0.25, -0.2) is 9.61 Å². The Bertz CT molecular complexity index is 766. The number of aryl methyl sites for hydroxylation is 2. The molecule has 0 saturated heterocycles. The van der Waals surface area contributed by atoms with E-state index in [1.54, 1.807) is 0 Å². The number of nitrogen functional groups attached to an aromatic ring is 1. The standard InChI is InChI=1S/C13H12N6O2S/c14-5-8-4-7-2-1-3-9(7)16-13(8)22-6-10(20)17-12-11(15)18-21-19-12/h4H,1-3,6H2,(H2,15,18)(H,17,19,20). The number of pyridine rings is 1. The van der Waals surface area contributed by atoms with E-state index in [-0.39, 0.29) is 23.3 Å². The third-order valence-electron chi connectivity index (χ3n) is 3.25. The summed E-state index contributed by atoms with van der Waals surface area (Å²) in [5.74, 6) is -0.120. The first-order valence-electron chi connectivity index (χ1n) is 6.61. The normalized spacial score (nSPS) is 12.7. The Hall–Kier alpha value is -2.60. The van der Waals surface area contributed by atoms with Crippen LogP contribution in [-0.4, -0.2) is 27.0 Å². The van der Waals surface area contributed by atoms with Gasteiger partial charge < -0.3 is 11.1 Å². The maximum absolute atomic E-state index is 11.9. The molecular weight excluding hydrogens is 304 g/mol. The van der Waals surface area contributed by atoms with Gasteiger partial charge in [-0.1, -0.05) is 11.8 Å². The topological polar surface area (TPSA) is 131 Å². The summed E-state index contributed by atoms with van der Waals surface area (Å²) in [6, 6.07) is 4.00. The van der Waals surface area contributed by atoms with Gasteiger partial charge in [0, 0.05) is 5.69 Å². The Morgan fingerprint density at radius 2 is 2.36 bits per heavy atom. The highest BCUT2D eigenvalue weighted by Gasteiger charge is 2.18. The van der Waals surface area contributed by atoms with Crippen LogP contribution in [0.1, 0.15) is 23.2 Å². The molecule has 0 aromatic carbocycles. The first-order chi connectivity index (χ1) is 10.7. The van der Waals surface area contributed by atoms with E-state index in [4.69, 9.17) is 5.73 Å². The molecule has 112 valence electrons. The SMILES string of the molecule is N#Cc1cc2c(nc1SCC(=O)Nc1nonc1N)CCC2. The van der Waals surface area contributed by atoms with Gasteiger partial charge in [0.15, 0.2) is 0 Å². The van der Waals surface area contributed by atoms with Crippen molar-refractivity contribution in [2.45, 2.75) is 24.3 Å². The highest BCUT2D eigenvalue weighted by Crippen LogP contribution is 2.27. The molecule has 0 spiro atoms. The van der Waals surface area contributed by atoms with Crippen molar-refractivity contribution >= 4 is 29.3 Å². The average Bonchev–Trinajstić information content (AvgIpc) is 3.13. The maximum atomic E-state index is 11.9. The molecular formula is C13H12N6O2S. The smallest absolute Gasteiger partial charge is 0.236 e. The lowest BCUT2D eigenvalue weighted by atomic mass is 10.2. The third-order valence-corrected chi connectivity index (χ3v) is 4.24. The predicted octanol–water partition coefficient (Wildman–Crippen LogP) is 1.14. The van der Waals surface area contributed by atoms with E-state index in [9.17, 15) is 10.1 Å². The molecule has 1 aliphatic carbocycles. The molecule has 0 fully saturated rings. The minimum atomic E-state index is -0.321. The van der Waals surface area contributed by atoms with Gasteiger partial charge in [0.25, 0.3) is 0 Å². The molecule has 0 saturated carbocycles. The van der Waals surface area contributed by atoms with Gasteiger partial charge in [-0.05, 0) is 41.2 Å². The first kappa shape index (κ1) is 14.3. The van der Waals surface area contributed by atoms with Gasteiger partial charge in [-0.3, -0.25) is 4.79 Å². The number of rotatable bonds is 4. The van der Waals surface area contributed by atoms with E-state index in [0.717, 1.165) is 30.5 Å². The molecule has 1 aliphatic rings. The number of carbonyl (C=O) groups excluding carboxylic acids is 1. The molecule has 1 amide bonds. The third kappa shape index (κ3) is 2.87. The van der Waals surface area contributed by atoms with Crippen LogP contribution in [0, 0.1) is 11.3 Å². The van der Waals surface area contributed by atoms with Gasteiger partial charge in [-0.2, -0.15) is 5.26 Å². The van der Waals surface area contributed by atoms with Crippen molar-refractivity contribution in [2.75, 3.05) is 16.8 Å². The van der Waals surface area contributed by atoms with Crippen LogP contribution < -0.4 is 11.1 Å². The molecule has 3 rings (SSSR count). The van der Waals surface area contributed by atoms with Crippen LogP contribution >= 0.6 is 11.8 Å². The summed E-state index contributed by atoms with van der Waals surface area (Å²) in [7, 11) is 0. The van der Waals surface area contributed by atoms with E-state index < -0.39 is 0 Å². The highest BCUT2D eigenvalue weighted by molar-refractivity contribution is 8.00. The van der Waals surface area contributed by atoms with Crippen molar-refractivity contribution in [3.8, 4) is 6.07 Å². The lowest BCUT2D eigenvalue weighted by molar-refractivity contribution is -0.113. The van der Waals surface area contributed by atoms with Crippen molar-refractivity contribution in [3.05, 3.63) is 22.9 Å². The summed E-state index contributed by atoms with van der Waals surface area (Å²) in [6.45, 7) is 0. The number of amides is 1. The van der Waals surface area contributed by atoms with Gasteiger partial charge in [0.1, 0.15) is 11.1 Å². The fourth-order valence-corrected chi connectivity index (χ4v) is 3.00. The average molecular weight is 316 g/mol. The monoisotopic (exact) mass is 316 g/mol. The van der Waals surface area contributed by atoms with Crippen LogP contribution in [0.2, 0.25) is 0 Å². The lowest BCUT2D eigenvalue weighted by Crippen LogP contribution is -2.15. The molecule has 0 bridgehead atoms. The fraction of sp³-hybridized carbons (Fsp3) is 0.308. The van der Waals surface area contributed by atoms with Gasteiger partial charge in [0.05, 0.1) is 11.3 Å². The highest BCUT2D eigenvalue weighted by atomic mass is 32.2. The van der Waals surface area contributed by atoms with Crippen molar-refractivity contribution in [1.29, 1.82) is 5.26 Å². The Labute approximate surface area is 130 Å². The first-order valence-corrected chi connectivity index (χ1v) is 7.59. The van der Waals surface area contributed by atoms with Crippen LogP contribution in [0.3, 0.4) is 0 Å². The van der Waals surface area contributed by atoms with Crippen molar-refractivity contribution in [1.82, 2.24) is 15.3 Å². The van der Waals surface area contributed by atoms with Crippen molar-refractivity contribution in [3.63, 3.8) is 0 Å². The molecule has 8 nitrogen and oxygen atoms in total. The zero-order valence-corrected chi connectivity index (χ0v) is 12.3. The van der Waals surface area contributed by atoms with E-state index in [0.29, 0.717) is 10.6 Å². The quantitative estimate of drug-likeness (QED) is 0.803. The van der Waals surface area contributed by atoms with E-state index in [1.807, 2.05) is 6.07 Å². The largest absolute Gasteiger partial charge is 0.378 e. The second-order valence-corrected chi connectivity index (χ2v) is 5.71. The number of thioether (sulfide) groups is 1. The summed E-state index contributed by atoms with van der Waals surface area (Å²) >= 11 is 1.21. The second-order valence-electron chi connectivity index (χ2n) is 4.75. The number of aromatic nitrogens is 3. The zero-order chi connectivity index (χ0) is 15.5. The Kier molecular flexibility index (Phi) is 3.93. The number of nitriles is 1. The molecule has 22 heavy (non-hydrogen) atoms. The number of nitrogens with one attached hydrogen (secondary N) is 1. The number of anilines is 2. The zero-order valence-electron chi connectivity index (χ0n) is 11.5. The summed E-state index contributed by atoms with van der Waals surface area (Å²) in [5.41, 5.74) is 8.11. The molecule has 0 aliphatic heterocycles. The minimum Gasteiger partial charge on any atom is -0.378 e. The van der Waals surface area contributed by atoms with E-state index >= 15 is 0 Å². The molecule has 2 aromatic heterocycles. The maximum Gasteiger partial charge on any atom is 0.236 e. The van der Waals surface area contributed by atoms with Gasteiger partial charge in [0.2, 0.25) is 17.5 Å². The Morgan fingerprint density at radius 1 is 1.50 bits per heavy atom. The Morgan fingerprint density at radius 3 is 3.09 bits per heavy atom. The number of nitrogens with zero attached hydrogens (tertiary/aromatic N) is 4. The molecule has 9 heteroatoms. The lowest BCUT2D eigenvalue weighted by Gasteiger charge is -2.06. The number of nitrogens with two attached hydrogens (primary N) is 1. The summed E-state index contributed by atoms with van der Waals surface area (Å²) < 4.78 is 4.39. The predicted molar refractivity (Wildman–Crippen MR) is 79.0 cm³/mol. The van der Waals surface area contributed by atoms with Crippen LogP contribution in [0.25, 0.3) is 0 Å². The van der Waals surface area contributed by atoms with Crippen molar-refractivity contribution in [2.24, 2.45) is 0 Å². The van der Waals surface area contributed by atoms with E-state index in [1.165, 1.54) is 11.8 Å². The number of carbonyl (C=O) groups is 1. The van der Waals surface area contributed by atoms with Crippen LogP contribution in [0.4, 0.5) is 11.6 Å². The van der Waals surface area contributed by atoms with Crippen LogP contribution in [0.5, 0.6) is 0 Å². The summed E-state index contributed by atoms with van der Waals surface area (Å²) in [4.78, 5) is 16.4. The number of hydrogen-bond acceptors (Lipinski definition) is 8.